The maximum Gasteiger partial charge on any atom is 0.249 e. The van der Waals surface area contributed by atoms with Gasteiger partial charge in [0.2, 0.25) is 5.91 Å². The van der Waals surface area contributed by atoms with Gasteiger partial charge < -0.3 is 25.7 Å². The summed E-state index contributed by atoms with van der Waals surface area (Å²) in [4.78, 5) is 12.6. The van der Waals surface area contributed by atoms with Gasteiger partial charge >= 0.3 is 0 Å². The lowest BCUT2D eigenvalue weighted by Crippen LogP contribution is -2.53. The first-order valence-corrected chi connectivity index (χ1v) is 34.2. The Morgan fingerprint density at radius 1 is 0.320 bits per heavy atom. The Morgan fingerprint density at radius 2 is 0.560 bits per heavy atom. The Labute approximate surface area is 469 Å². The van der Waals surface area contributed by atoms with E-state index in [1.54, 1.807) is 0 Å². The van der Waals surface area contributed by atoms with Crippen molar-refractivity contribution in [1.82, 2.24) is 5.32 Å². The second kappa shape index (κ2) is 63.6. The molecule has 0 aromatic rings. The van der Waals surface area contributed by atoms with Crippen LogP contribution in [0, 0.1) is 0 Å². The summed E-state index contributed by atoms with van der Waals surface area (Å²) in [7, 11) is 0. The first-order valence-electron chi connectivity index (χ1n) is 34.2. The quantitative estimate of drug-likeness (QED) is 0.0308. The van der Waals surface area contributed by atoms with Gasteiger partial charge in [-0.25, -0.2) is 0 Å². The van der Waals surface area contributed by atoms with E-state index in [2.05, 4.69) is 43.5 Å². The van der Waals surface area contributed by atoms with Crippen LogP contribution in [0.15, 0.2) is 24.3 Å². The van der Waals surface area contributed by atoms with Crippen molar-refractivity contribution in [3.05, 3.63) is 24.3 Å². The SMILES string of the molecule is CCCCCCCCCCCCCCCCCCCCCC/C=C/CC/C=C/CCCC(O)C(O)C(CO)NC(=O)C(O)CCCCCCCCCCCCCCCCCCCCCCCCCCCCCCCC. The molecular formula is C69H135NO5. The number of carbonyl (C=O) groups is 1. The van der Waals surface area contributed by atoms with Crippen LogP contribution in [0.5, 0.6) is 0 Å². The van der Waals surface area contributed by atoms with Gasteiger partial charge in [-0.2, -0.15) is 0 Å². The molecule has 0 aliphatic rings. The Balaban J connectivity index is 3.58. The average Bonchev–Trinajstić information content (AvgIpc) is 3.42. The molecular weight excluding hydrogens is 923 g/mol. The van der Waals surface area contributed by atoms with Gasteiger partial charge in [-0.3, -0.25) is 4.79 Å². The minimum absolute atomic E-state index is 0.365. The lowest BCUT2D eigenvalue weighted by molar-refractivity contribution is -0.132. The number of amides is 1. The summed E-state index contributed by atoms with van der Waals surface area (Å²) in [6.45, 7) is 4.10. The zero-order valence-corrected chi connectivity index (χ0v) is 50.8. The lowest BCUT2D eigenvalue weighted by Gasteiger charge is -2.27. The van der Waals surface area contributed by atoms with Crippen molar-refractivity contribution in [2.45, 2.75) is 404 Å². The predicted molar refractivity (Wildman–Crippen MR) is 330 cm³/mol. The van der Waals surface area contributed by atoms with Crippen LogP contribution in [-0.4, -0.2) is 57.3 Å². The fourth-order valence-corrected chi connectivity index (χ4v) is 11.1. The number of rotatable bonds is 64. The molecule has 0 aliphatic carbocycles. The summed E-state index contributed by atoms with van der Waals surface area (Å²) in [5.74, 6) is -0.589. The van der Waals surface area contributed by atoms with Crippen LogP contribution in [0.4, 0.5) is 0 Å². The fourth-order valence-electron chi connectivity index (χ4n) is 11.1. The molecule has 0 heterocycles. The molecule has 6 nitrogen and oxygen atoms in total. The summed E-state index contributed by atoms with van der Waals surface area (Å²) in [6.07, 6.45) is 80.2. The van der Waals surface area contributed by atoms with Gasteiger partial charge in [0.05, 0.1) is 18.8 Å². The Morgan fingerprint density at radius 3 is 0.840 bits per heavy atom. The second-order valence-corrected chi connectivity index (χ2v) is 23.9. The van der Waals surface area contributed by atoms with Gasteiger partial charge in [0.15, 0.2) is 0 Å². The van der Waals surface area contributed by atoms with Gasteiger partial charge in [-0.15, -0.1) is 0 Å². The zero-order valence-electron chi connectivity index (χ0n) is 50.8. The van der Waals surface area contributed by atoms with Gasteiger partial charge in [-0.1, -0.05) is 353 Å². The topological polar surface area (TPSA) is 110 Å². The highest BCUT2D eigenvalue weighted by atomic mass is 16.3. The van der Waals surface area contributed by atoms with Crippen molar-refractivity contribution in [1.29, 1.82) is 0 Å². The van der Waals surface area contributed by atoms with Crippen LogP contribution in [0.1, 0.15) is 380 Å². The Kier molecular flexibility index (Phi) is 62.6. The van der Waals surface area contributed by atoms with E-state index in [0.717, 1.165) is 38.5 Å². The van der Waals surface area contributed by atoms with E-state index in [4.69, 9.17) is 0 Å². The highest BCUT2D eigenvalue weighted by molar-refractivity contribution is 5.80. The van der Waals surface area contributed by atoms with Crippen molar-refractivity contribution >= 4 is 5.91 Å². The highest BCUT2D eigenvalue weighted by Gasteiger charge is 2.28. The summed E-state index contributed by atoms with van der Waals surface area (Å²) in [6, 6.07) is -1.01. The molecule has 0 aliphatic heterocycles. The van der Waals surface area contributed by atoms with Gasteiger partial charge in [0.1, 0.15) is 12.2 Å². The van der Waals surface area contributed by atoms with E-state index >= 15 is 0 Å². The molecule has 0 aromatic heterocycles. The number of nitrogens with one attached hydrogen (secondary N) is 1. The minimum Gasteiger partial charge on any atom is -0.394 e. The number of aliphatic hydroxyl groups is 4. The van der Waals surface area contributed by atoms with E-state index in [1.165, 1.54) is 308 Å². The smallest absolute Gasteiger partial charge is 0.249 e. The van der Waals surface area contributed by atoms with Crippen molar-refractivity contribution < 1.29 is 25.2 Å². The third-order valence-electron chi connectivity index (χ3n) is 16.4. The Hall–Kier alpha value is -1.21. The molecule has 1 amide bonds. The zero-order chi connectivity index (χ0) is 54.4. The summed E-state index contributed by atoms with van der Waals surface area (Å²) in [5, 5.41) is 44.2. The van der Waals surface area contributed by atoms with Crippen molar-refractivity contribution in [3.8, 4) is 0 Å². The third-order valence-corrected chi connectivity index (χ3v) is 16.4. The molecule has 0 rings (SSSR count). The monoisotopic (exact) mass is 1060 g/mol. The number of allylic oxidation sites excluding steroid dienone is 4. The fraction of sp³-hybridized carbons (Fsp3) is 0.928. The average molecular weight is 1060 g/mol. The van der Waals surface area contributed by atoms with Crippen LogP contribution < -0.4 is 5.32 Å². The molecule has 4 unspecified atom stereocenters. The van der Waals surface area contributed by atoms with Crippen LogP contribution in [0.2, 0.25) is 0 Å². The highest BCUT2D eigenvalue weighted by Crippen LogP contribution is 2.19. The van der Waals surface area contributed by atoms with E-state index in [-0.39, 0.29) is 0 Å². The molecule has 0 radical (unpaired) electrons. The largest absolute Gasteiger partial charge is 0.394 e. The first-order chi connectivity index (χ1) is 37.0. The second-order valence-electron chi connectivity index (χ2n) is 23.9. The van der Waals surface area contributed by atoms with Crippen LogP contribution in [-0.2, 0) is 4.79 Å². The maximum absolute atomic E-state index is 12.6. The Bertz CT molecular complexity index is 1140. The van der Waals surface area contributed by atoms with E-state index in [9.17, 15) is 25.2 Å². The van der Waals surface area contributed by atoms with Crippen LogP contribution in [0.25, 0.3) is 0 Å². The molecule has 0 bridgehead atoms. The molecule has 4 atom stereocenters. The molecule has 5 N–H and O–H groups in total. The first kappa shape index (κ1) is 73.8. The lowest BCUT2D eigenvalue weighted by atomic mass is 10.00. The molecule has 0 spiro atoms. The molecule has 75 heavy (non-hydrogen) atoms. The molecule has 0 saturated carbocycles. The minimum atomic E-state index is -1.29. The van der Waals surface area contributed by atoms with Crippen LogP contribution >= 0.6 is 0 Å². The summed E-state index contributed by atoms with van der Waals surface area (Å²) in [5.41, 5.74) is 0. The summed E-state index contributed by atoms with van der Waals surface area (Å²) >= 11 is 0. The van der Waals surface area contributed by atoms with Crippen molar-refractivity contribution in [2.24, 2.45) is 0 Å². The standard InChI is InChI=1S/C69H135NO5/c1-3-5-7-9-11-13-15-17-19-21-23-25-27-29-31-33-35-37-39-41-43-45-47-49-51-53-55-57-59-61-63-67(73)69(75)70-65(64-71)68(74)66(72)62-60-58-56-54-52-50-48-46-44-42-40-38-36-34-32-30-28-26-24-22-20-18-16-14-12-10-8-6-4-2/h46,48,54,56,65-68,71-74H,3-45,47,49-53,55,57-64H2,1-2H3,(H,70,75)/b48-46+,56-54+. The molecule has 0 fully saturated rings. The number of carbonyl (C=O) groups excluding carboxylic acids is 1. The number of hydrogen-bond donors (Lipinski definition) is 5. The molecule has 446 valence electrons. The molecule has 0 saturated heterocycles. The predicted octanol–water partition coefficient (Wildman–Crippen LogP) is 20.9. The van der Waals surface area contributed by atoms with E-state index in [0.29, 0.717) is 19.3 Å². The summed E-state index contributed by atoms with van der Waals surface area (Å²) < 4.78 is 0. The normalized spacial score (nSPS) is 13.6. The molecule has 6 heteroatoms. The van der Waals surface area contributed by atoms with Crippen LogP contribution in [0.3, 0.4) is 0 Å². The molecule has 0 aromatic carbocycles. The number of aliphatic hydroxyl groups excluding tert-OH is 4. The van der Waals surface area contributed by atoms with E-state index < -0.39 is 36.9 Å². The van der Waals surface area contributed by atoms with Crippen molar-refractivity contribution in [2.75, 3.05) is 6.61 Å². The number of unbranched alkanes of at least 4 members (excludes halogenated alkanes) is 51. The van der Waals surface area contributed by atoms with Gasteiger partial charge in [0, 0.05) is 0 Å². The van der Waals surface area contributed by atoms with Gasteiger partial charge in [0.25, 0.3) is 0 Å². The number of hydrogen-bond acceptors (Lipinski definition) is 5. The maximum atomic E-state index is 12.6. The van der Waals surface area contributed by atoms with Gasteiger partial charge in [-0.05, 0) is 51.4 Å². The third kappa shape index (κ3) is 57.3. The van der Waals surface area contributed by atoms with E-state index in [1.807, 2.05) is 0 Å². The van der Waals surface area contributed by atoms with Crippen molar-refractivity contribution in [3.63, 3.8) is 0 Å².